The van der Waals surface area contributed by atoms with Gasteiger partial charge in [-0.1, -0.05) is 0 Å². The molecule has 1 aliphatic heterocycles. The zero-order valence-electron chi connectivity index (χ0n) is 9.57. The third-order valence-corrected chi connectivity index (χ3v) is 3.19. The molecular weight excluding hydrogens is 188 g/mol. The Bertz CT molecular complexity index is 308. The maximum Gasteiger partial charge on any atom is 0.0700 e. The Hall–Kier alpha value is -0.800. The second-order valence-electron chi connectivity index (χ2n) is 4.14. The molecule has 1 aromatic heterocycles. The summed E-state index contributed by atoms with van der Waals surface area (Å²) in [6.07, 6.45) is 3.62. The minimum Gasteiger partial charge on any atom is -0.377 e. The highest BCUT2D eigenvalue weighted by Gasteiger charge is 2.23. The number of hydrogen-bond donors (Lipinski definition) is 1. The highest BCUT2D eigenvalue weighted by Crippen LogP contribution is 2.13. The third kappa shape index (κ3) is 2.41. The maximum atomic E-state index is 5.52. The van der Waals surface area contributed by atoms with Crippen molar-refractivity contribution in [3.05, 3.63) is 24.0 Å². The molecule has 3 nitrogen and oxygen atoms in total. The van der Waals surface area contributed by atoms with Crippen molar-refractivity contribution in [2.75, 3.05) is 6.61 Å². The van der Waals surface area contributed by atoms with Crippen LogP contribution in [0, 0.1) is 0 Å². The lowest BCUT2D eigenvalue weighted by Crippen LogP contribution is -2.34. The van der Waals surface area contributed by atoms with Crippen molar-refractivity contribution < 1.29 is 4.74 Å². The van der Waals surface area contributed by atoms with Crippen molar-refractivity contribution in [3.8, 4) is 0 Å². The van der Waals surface area contributed by atoms with E-state index in [1.807, 2.05) is 0 Å². The fraction of sp³-hybridized carbons (Fsp3) is 0.667. The summed E-state index contributed by atoms with van der Waals surface area (Å²) in [5.74, 6) is 0. The predicted octanol–water partition coefficient (Wildman–Crippen LogP) is 1.77. The van der Waals surface area contributed by atoms with Gasteiger partial charge in [0, 0.05) is 37.6 Å². The minimum atomic E-state index is 0.357. The molecule has 0 spiro atoms. The standard InChI is InChI=1S/C12H20N2O/c1-3-14-7-4-5-11(14)9-13-12-6-8-15-10(12)2/h4-5,7,10,12-13H,3,6,8-9H2,1-2H3. The summed E-state index contributed by atoms with van der Waals surface area (Å²) < 4.78 is 7.79. The normalized spacial score (nSPS) is 26.0. The van der Waals surface area contributed by atoms with Gasteiger partial charge in [0.1, 0.15) is 0 Å². The lowest BCUT2D eigenvalue weighted by molar-refractivity contribution is 0.113. The summed E-state index contributed by atoms with van der Waals surface area (Å²) in [6, 6.07) is 4.80. The van der Waals surface area contributed by atoms with Crippen LogP contribution in [-0.4, -0.2) is 23.3 Å². The Kier molecular flexibility index (Phi) is 3.44. The number of aromatic nitrogens is 1. The van der Waals surface area contributed by atoms with Gasteiger partial charge in [0.2, 0.25) is 0 Å². The first kappa shape index (κ1) is 10.7. The quantitative estimate of drug-likeness (QED) is 0.816. The predicted molar refractivity (Wildman–Crippen MR) is 60.8 cm³/mol. The zero-order chi connectivity index (χ0) is 10.7. The van der Waals surface area contributed by atoms with E-state index in [0.717, 1.165) is 26.1 Å². The van der Waals surface area contributed by atoms with Gasteiger partial charge in [-0.3, -0.25) is 0 Å². The van der Waals surface area contributed by atoms with Crippen molar-refractivity contribution in [2.45, 2.75) is 45.5 Å². The van der Waals surface area contributed by atoms with Gasteiger partial charge in [0.15, 0.2) is 0 Å². The van der Waals surface area contributed by atoms with Crippen LogP contribution in [-0.2, 0) is 17.8 Å². The SMILES string of the molecule is CCn1cccc1CNC1CCOC1C. The van der Waals surface area contributed by atoms with Crippen LogP contribution >= 0.6 is 0 Å². The van der Waals surface area contributed by atoms with Crippen LogP contribution in [0.25, 0.3) is 0 Å². The molecule has 2 atom stereocenters. The summed E-state index contributed by atoms with van der Waals surface area (Å²) >= 11 is 0. The lowest BCUT2D eigenvalue weighted by Gasteiger charge is -2.16. The monoisotopic (exact) mass is 208 g/mol. The van der Waals surface area contributed by atoms with Crippen LogP contribution in [0.3, 0.4) is 0 Å². The molecule has 1 fully saturated rings. The molecule has 0 aromatic carbocycles. The topological polar surface area (TPSA) is 26.2 Å². The highest BCUT2D eigenvalue weighted by molar-refractivity contribution is 5.07. The summed E-state index contributed by atoms with van der Waals surface area (Å²) in [7, 11) is 0. The maximum absolute atomic E-state index is 5.52. The van der Waals surface area contributed by atoms with E-state index in [-0.39, 0.29) is 0 Å². The van der Waals surface area contributed by atoms with Crippen LogP contribution in [0.4, 0.5) is 0 Å². The first-order valence-electron chi connectivity index (χ1n) is 5.80. The van der Waals surface area contributed by atoms with E-state index in [0.29, 0.717) is 12.1 Å². The first-order chi connectivity index (χ1) is 7.31. The number of nitrogens with zero attached hydrogens (tertiary/aromatic N) is 1. The third-order valence-electron chi connectivity index (χ3n) is 3.19. The van der Waals surface area contributed by atoms with Crippen LogP contribution in [0.5, 0.6) is 0 Å². The van der Waals surface area contributed by atoms with Crippen molar-refractivity contribution >= 4 is 0 Å². The minimum absolute atomic E-state index is 0.357. The van der Waals surface area contributed by atoms with Gasteiger partial charge in [0.05, 0.1) is 6.10 Å². The summed E-state index contributed by atoms with van der Waals surface area (Å²) in [5, 5.41) is 3.56. The van der Waals surface area contributed by atoms with Crippen molar-refractivity contribution in [1.29, 1.82) is 0 Å². The van der Waals surface area contributed by atoms with Gasteiger partial charge in [-0.15, -0.1) is 0 Å². The van der Waals surface area contributed by atoms with Gasteiger partial charge in [-0.05, 0) is 32.4 Å². The summed E-state index contributed by atoms with van der Waals surface area (Å²) in [5.41, 5.74) is 1.36. The first-order valence-corrected chi connectivity index (χ1v) is 5.80. The van der Waals surface area contributed by atoms with Crippen molar-refractivity contribution in [2.24, 2.45) is 0 Å². The van der Waals surface area contributed by atoms with Gasteiger partial charge >= 0.3 is 0 Å². The second kappa shape index (κ2) is 4.81. The fourth-order valence-electron chi connectivity index (χ4n) is 2.15. The molecular formula is C12H20N2O. The molecule has 1 aromatic rings. The number of hydrogen-bond acceptors (Lipinski definition) is 2. The van der Waals surface area contributed by atoms with E-state index < -0.39 is 0 Å². The average Bonchev–Trinajstić information content (AvgIpc) is 2.83. The molecule has 0 saturated carbocycles. The second-order valence-corrected chi connectivity index (χ2v) is 4.14. The van der Waals surface area contributed by atoms with Crippen LogP contribution < -0.4 is 5.32 Å². The molecule has 0 aliphatic carbocycles. The highest BCUT2D eigenvalue weighted by atomic mass is 16.5. The molecule has 0 radical (unpaired) electrons. The number of nitrogens with one attached hydrogen (secondary N) is 1. The lowest BCUT2D eigenvalue weighted by atomic mass is 10.1. The Balaban J connectivity index is 1.87. The van der Waals surface area contributed by atoms with Gasteiger partial charge in [0.25, 0.3) is 0 Å². The number of aryl methyl sites for hydroxylation is 1. The molecule has 2 heterocycles. The number of ether oxygens (including phenoxy) is 1. The summed E-state index contributed by atoms with van der Waals surface area (Å²) in [6.45, 7) is 7.20. The average molecular weight is 208 g/mol. The largest absolute Gasteiger partial charge is 0.377 e. The molecule has 2 unspecified atom stereocenters. The van der Waals surface area contributed by atoms with Crippen molar-refractivity contribution in [1.82, 2.24) is 9.88 Å². The number of rotatable bonds is 4. The Labute approximate surface area is 91.4 Å². The van der Waals surface area contributed by atoms with Crippen LogP contribution in [0.1, 0.15) is 26.0 Å². The molecule has 15 heavy (non-hydrogen) atoms. The molecule has 1 aliphatic rings. The van der Waals surface area contributed by atoms with Gasteiger partial charge < -0.3 is 14.6 Å². The molecule has 1 N–H and O–H groups in total. The van der Waals surface area contributed by atoms with E-state index in [1.54, 1.807) is 0 Å². The van der Waals surface area contributed by atoms with E-state index in [2.05, 4.69) is 42.1 Å². The van der Waals surface area contributed by atoms with Crippen LogP contribution in [0.15, 0.2) is 18.3 Å². The fourth-order valence-corrected chi connectivity index (χ4v) is 2.15. The molecule has 1 saturated heterocycles. The molecule has 2 rings (SSSR count). The van der Waals surface area contributed by atoms with Crippen LogP contribution in [0.2, 0.25) is 0 Å². The van der Waals surface area contributed by atoms with E-state index >= 15 is 0 Å². The Morgan fingerprint density at radius 3 is 3.13 bits per heavy atom. The summed E-state index contributed by atoms with van der Waals surface area (Å²) in [4.78, 5) is 0. The molecule has 0 bridgehead atoms. The zero-order valence-corrected chi connectivity index (χ0v) is 9.57. The van der Waals surface area contributed by atoms with E-state index in [9.17, 15) is 0 Å². The Morgan fingerprint density at radius 1 is 1.60 bits per heavy atom. The van der Waals surface area contributed by atoms with Gasteiger partial charge in [-0.25, -0.2) is 0 Å². The van der Waals surface area contributed by atoms with E-state index in [4.69, 9.17) is 4.74 Å². The van der Waals surface area contributed by atoms with Gasteiger partial charge in [-0.2, -0.15) is 0 Å². The van der Waals surface area contributed by atoms with Crippen molar-refractivity contribution in [3.63, 3.8) is 0 Å². The molecule has 0 amide bonds. The Morgan fingerprint density at radius 2 is 2.47 bits per heavy atom. The smallest absolute Gasteiger partial charge is 0.0700 e. The molecule has 84 valence electrons. The van der Waals surface area contributed by atoms with E-state index in [1.165, 1.54) is 5.69 Å². The molecule has 3 heteroatoms.